The van der Waals surface area contributed by atoms with Crippen LogP contribution < -0.4 is 5.32 Å². The van der Waals surface area contributed by atoms with Gasteiger partial charge in [0.15, 0.2) is 5.96 Å². The van der Waals surface area contributed by atoms with Crippen LogP contribution in [-0.4, -0.2) is 25.0 Å². The van der Waals surface area contributed by atoms with Crippen molar-refractivity contribution in [2.75, 3.05) is 14.1 Å². The lowest BCUT2D eigenvalue weighted by Gasteiger charge is -2.22. The van der Waals surface area contributed by atoms with E-state index in [1.54, 1.807) is 7.05 Å². The first-order chi connectivity index (χ1) is 11.1. The summed E-state index contributed by atoms with van der Waals surface area (Å²) in [5.41, 5.74) is 2.81. The molecule has 24 heavy (non-hydrogen) atoms. The average molecular weight is 455 g/mol. The van der Waals surface area contributed by atoms with Crippen molar-refractivity contribution < 1.29 is 0 Å². The van der Waals surface area contributed by atoms with Crippen LogP contribution in [0.2, 0.25) is 5.02 Å². The van der Waals surface area contributed by atoms with Crippen LogP contribution in [0.25, 0.3) is 0 Å². The highest BCUT2D eigenvalue weighted by Gasteiger charge is 2.08. The van der Waals surface area contributed by atoms with Crippen LogP contribution in [0.4, 0.5) is 0 Å². The van der Waals surface area contributed by atoms with Gasteiger partial charge in [0.05, 0.1) is 11.6 Å². The molecule has 6 heteroatoms. The van der Waals surface area contributed by atoms with Crippen LogP contribution in [0, 0.1) is 11.3 Å². The Labute approximate surface area is 165 Å². The molecule has 0 saturated carbocycles. The largest absolute Gasteiger partial charge is 0.352 e. The summed E-state index contributed by atoms with van der Waals surface area (Å²) in [7, 11) is 3.72. The smallest absolute Gasteiger partial charge is 0.193 e. The first-order valence-electron chi connectivity index (χ1n) is 7.28. The van der Waals surface area contributed by atoms with Crippen molar-refractivity contribution in [3.05, 3.63) is 70.2 Å². The predicted molar refractivity (Wildman–Crippen MR) is 110 cm³/mol. The number of halogens is 2. The van der Waals surface area contributed by atoms with Crippen molar-refractivity contribution in [3.8, 4) is 6.07 Å². The lowest BCUT2D eigenvalue weighted by molar-refractivity contribution is 0.476. The average Bonchev–Trinajstić information content (AvgIpc) is 2.58. The summed E-state index contributed by atoms with van der Waals surface area (Å²) in [5, 5.41) is 12.9. The van der Waals surface area contributed by atoms with Crippen LogP contribution >= 0.6 is 35.6 Å². The molecular formula is C18H20ClIN4. The van der Waals surface area contributed by atoms with Gasteiger partial charge < -0.3 is 10.2 Å². The summed E-state index contributed by atoms with van der Waals surface area (Å²) < 4.78 is 0. The molecule has 0 aromatic heterocycles. The minimum absolute atomic E-state index is 0. The Bertz CT molecular complexity index is 723. The van der Waals surface area contributed by atoms with Gasteiger partial charge in [-0.15, -0.1) is 24.0 Å². The van der Waals surface area contributed by atoms with E-state index in [9.17, 15) is 0 Å². The maximum atomic E-state index is 8.82. The Balaban J connectivity index is 0.00000288. The van der Waals surface area contributed by atoms with Gasteiger partial charge in [0.1, 0.15) is 0 Å². The van der Waals surface area contributed by atoms with Gasteiger partial charge in [0.25, 0.3) is 0 Å². The van der Waals surface area contributed by atoms with Crippen LogP contribution in [0.5, 0.6) is 0 Å². The van der Waals surface area contributed by atoms with Gasteiger partial charge in [0, 0.05) is 32.2 Å². The summed E-state index contributed by atoms with van der Waals surface area (Å²) in [6.45, 7) is 1.32. The highest BCUT2D eigenvalue weighted by atomic mass is 127. The fraction of sp³-hybridized carbons (Fsp3) is 0.222. The lowest BCUT2D eigenvalue weighted by Crippen LogP contribution is -2.38. The summed E-state index contributed by atoms with van der Waals surface area (Å²) in [5.74, 6) is 0.786. The third-order valence-electron chi connectivity index (χ3n) is 3.47. The van der Waals surface area contributed by atoms with E-state index in [0.29, 0.717) is 18.7 Å². The van der Waals surface area contributed by atoms with Gasteiger partial charge in [-0.05, 0) is 29.3 Å². The molecule has 0 bridgehead atoms. The van der Waals surface area contributed by atoms with Gasteiger partial charge in [0.2, 0.25) is 0 Å². The molecule has 0 unspecified atom stereocenters. The molecule has 0 aliphatic carbocycles. The zero-order valence-electron chi connectivity index (χ0n) is 13.7. The van der Waals surface area contributed by atoms with E-state index in [2.05, 4.69) is 16.4 Å². The highest BCUT2D eigenvalue weighted by molar-refractivity contribution is 14.0. The molecule has 0 radical (unpaired) electrons. The maximum Gasteiger partial charge on any atom is 0.193 e. The highest BCUT2D eigenvalue weighted by Crippen LogP contribution is 2.16. The van der Waals surface area contributed by atoms with Gasteiger partial charge >= 0.3 is 0 Å². The van der Waals surface area contributed by atoms with Gasteiger partial charge in [-0.3, -0.25) is 4.99 Å². The Kier molecular flexibility index (Phi) is 8.58. The Morgan fingerprint density at radius 3 is 2.46 bits per heavy atom. The number of nitrogens with zero attached hydrogens (tertiary/aromatic N) is 3. The molecule has 0 spiro atoms. The van der Waals surface area contributed by atoms with Gasteiger partial charge in [-0.25, -0.2) is 0 Å². The molecule has 0 saturated heterocycles. The normalized spacial score (nSPS) is 10.5. The molecule has 2 aromatic rings. The van der Waals surface area contributed by atoms with Gasteiger partial charge in [-0.1, -0.05) is 41.9 Å². The summed E-state index contributed by atoms with van der Waals surface area (Å²) in [4.78, 5) is 6.32. The maximum absolute atomic E-state index is 8.82. The summed E-state index contributed by atoms with van der Waals surface area (Å²) >= 11 is 6.20. The molecule has 0 heterocycles. The number of hydrogen-bond donors (Lipinski definition) is 1. The van der Waals surface area contributed by atoms with Crippen LogP contribution in [0.15, 0.2) is 53.5 Å². The predicted octanol–water partition coefficient (Wildman–Crippen LogP) is 4.04. The van der Waals surface area contributed by atoms with Crippen molar-refractivity contribution in [3.63, 3.8) is 0 Å². The second-order valence-corrected chi connectivity index (χ2v) is 5.56. The van der Waals surface area contributed by atoms with E-state index in [4.69, 9.17) is 16.9 Å². The zero-order valence-corrected chi connectivity index (χ0v) is 16.7. The SMILES string of the molecule is CN=C(NCc1ccc(C#N)cc1)N(C)Cc1ccccc1Cl.I. The number of rotatable bonds is 4. The van der Waals surface area contributed by atoms with Crippen molar-refractivity contribution in [2.24, 2.45) is 4.99 Å². The zero-order chi connectivity index (χ0) is 16.7. The fourth-order valence-electron chi connectivity index (χ4n) is 2.22. The molecule has 126 valence electrons. The molecule has 0 aliphatic heterocycles. The third-order valence-corrected chi connectivity index (χ3v) is 3.84. The molecule has 2 aromatic carbocycles. The minimum Gasteiger partial charge on any atom is -0.352 e. The first-order valence-corrected chi connectivity index (χ1v) is 7.66. The molecule has 0 amide bonds. The summed E-state index contributed by atoms with van der Waals surface area (Å²) in [6.07, 6.45) is 0. The molecule has 2 rings (SSSR count). The minimum atomic E-state index is 0. The van der Waals surface area contributed by atoms with E-state index in [1.807, 2.05) is 60.5 Å². The number of hydrogen-bond acceptors (Lipinski definition) is 2. The fourth-order valence-corrected chi connectivity index (χ4v) is 2.42. The van der Waals surface area contributed by atoms with E-state index in [1.165, 1.54) is 0 Å². The number of benzene rings is 2. The topological polar surface area (TPSA) is 51.4 Å². The number of guanidine groups is 1. The second kappa shape index (κ2) is 10.2. The Morgan fingerprint density at radius 1 is 1.21 bits per heavy atom. The van der Waals surface area contributed by atoms with Crippen LogP contribution in [0.1, 0.15) is 16.7 Å². The van der Waals surface area contributed by atoms with Crippen molar-refractivity contribution in [1.82, 2.24) is 10.2 Å². The van der Waals surface area contributed by atoms with E-state index >= 15 is 0 Å². The standard InChI is InChI=1S/C18H19ClN4.HI/c1-21-18(22-12-15-9-7-14(11-20)8-10-15)23(2)13-16-5-3-4-6-17(16)19;/h3-10H,12-13H2,1-2H3,(H,21,22);1H. The summed E-state index contributed by atoms with van der Waals surface area (Å²) in [6, 6.07) is 17.4. The third kappa shape index (κ3) is 5.69. The van der Waals surface area contributed by atoms with E-state index < -0.39 is 0 Å². The molecule has 0 atom stereocenters. The van der Waals surface area contributed by atoms with Crippen molar-refractivity contribution >= 4 is 41.5 Å². The van der Waals surface area contributed by atoms with Crippen LogP contribution in [0.3, 0.4) is 0 Å². The Hall–Kier alpha value is -1.78. The lowest BCUT2D eigenvalue weighted by atomic mass is 10.1. The van der Waals surface area contributed by atoms with E-state index in [-0.39, 0.29) is 24.0 Å². The van der Waals surface area contributed by atoms with E-state index in [0.717, 1.165) is 22.1 Å². The Morgan fingerprint density at radius 2 is 1.88 bits per heavy atom. The molecular weight excluding hydrogens is 435 g/mol. The number of nitrogens with one attached hydrogen (secondary N) is 1. The number of nitriles is 1. The first kappa shape index (κ1) is 20.3. The van der Waals surface area contributed by atoms with Crippen molar-refractivity contribution in [1.29, 1.82) is 5.26 Å². The van der Waals surface area contributed by atoms with Gasteiger partial charge in [-0.2, -0.15) is 5.26 Å². The quantitative estimate of drug-likeness (QED) is 0.431. The van der Waals surface area contributed by atoms with Crippen LogP contribution in [-0.2, 0) is 13.1 Å². The number of aliphatic imine (C=N–C) groups is 1. The molecule has 1 N–H and O–H groups in total. The molecule has 0 fully saturated rings. The molecule has 0 aliphatic rings. The second-order valence-electron chi connectivity index (χ2n) is 5.16. The monoisotopic (exact) mass is 454 g/mol. The van der Waals surface area contributed by atoms with Crippen molar-refractivity contribution in [2.45, 2.75) is 13.1 Å². The molecule has 4 nitrogen and oxygen atoms in total.